The number of halogens is 1. The van der Waals surface area contributed by atoms with Gasteiger partial charge >= 0.3 is 0 Å². The second-order valence-electron chi connectivity index (χ2n) is 7.11. The molecule has 1 atom stereocenters. The van der Waals surface area contributed by atoms with Crippen LogP contribution in [0.1, 0.15) is 18.9 Å². The number of aromatic amines is 1. The predicted molar refractivity (Wildman–Crippen MR) is 109 cm³/mol. The third-order valence-corrected chi connectivity index (χ3v) is 5.57. The Kier molecular flexibility index (Phi) is 5.14. The molecule has 1 aliphatic heterocycles. The number of hydrogen-bond acceptors (Lipinski definition) is 3. The van der Waals surface area contributed by atoms with Crippen molar-refractivity contribution in [1.82, 2.24) is 14.9 Å². The molecule has 1 saturated heterocycles. The van der Waals surface area contributed by atoms with Gasteiger partial charge in [0.1, 0.15) is 11.0 Å². The predicted octanol–water partition coefficient (Wildman–Crippen LogP) is 4.36. The molecule has 1 fully saturated rings. The summed E-state index contributed by atoms with van der Waals surface area (Å²) in [5.74, 6) is 0.989. The summed E-state index contributed by atoms with van der Waals surface area (Å²) >= 11 is 6.04. The highest BCUT2D eigenvalue weighted by molar-refractivity contribution is 6.29. The Morgan fingerprint density at radius 3 is 2.88 bits per heavy atom. The summed E-state index contributed by atoms with van der Waals surface area (Å²) in [6, 6.07) is 14.9. The fourth-order valence-electron chi connectivity index (χ4n) is 3.92. The fourth-order valence-corrected chi connectivity index (χ4v) is 4.08. The van der Waals surface area contributed by atoms with Gasteiger partial charge in [0.15, 0.2) is 0 Å². The molecular weight excluding hydrogens is 344 g/mol. The van der Waals surface area contributed by atoms with Gasteiger partial charge in [-0.05, 0) is 50.1 Å². The van der Waals surface area contributed by atoms with E-state index in [9.17, 15) is 0 Å². The van der Waals surface area contributed by atoms with Crippen LogP contribution < -0.4 is 4.90 Å². The lowest BCUT2D eigenvalue weighted by molar-refractivity contribution is 0.187. The van der Waals surface area contributed by atoms with Gasteiger partial charge in [0, 0.05) is 42.8 Å². The monoisotopic (exact) mass is 368 g/mol. The van der Waals surface area contributed by atoms with Crippen LogP contribution in [0.4, 0.5) is 5.82 Å². The van der Waals surface area contributed by atoms with Crippen LogP contribution in [0.2, 0.25) is 5.15 Å². The molecule has 1 unspecified atom stereocenters. The molecule has 1 aromatic carbocycles. The number of aryl methyl sites for hydroxylation is 1. The molecule has 136 valence electrons. The largest absolute Gasteiger partial charge is 0.361 e. The van der Waals surface area contributed by atoms with Crippen LogP contribution in [-0.2, 0) is 6.42 Å². The number of fused-ring (bicyclic) bond motifs is 1. The number of nitrogens with zero attached hydrogens (tertiary/aromatic N) is 3. The molecule has 0 radical (unpaired) electrons. The van der Waals surface area contributed by atoms with Gasteiger partial charge in [-0.25, -0.2) is 4.98 Å². The van der Waals surface area contributed by atoms with Crippen molar-refractivity contribution in [3.05, 3.63) is 59.4 Å². The Labute approximate surface area is 159 Å². The Bertz CT molecular complexity index is 875. The van der Waals surface area contributed by atoms with Crippen molar-refractivity contribution in [1.29, 1.82) is 0 Å². The van der Waals surface area contributed by atoms with E-state index >= 15 is 0 Å². The first-order valence-corrected chi connectivity index (χ1v) is 9.75. The third-order valence-electron chi connectivity index (χ3n) is 5.36. The van der Waals surface area contributed by atoms with Crippen molar-refractivity contribution in [2.75, 3.05) is 31.1 Å². The first kappa shape index (κ1) is 17.4. The van der Waals surface area contributed by atoms with Crippen LogP contribution in [0.3, 0.4) is 0 Å². The quantitative estimate of drug-likeness (QED) is 0.679. The normalized spacial score (nSPS) is 18.5. The van der Waals surface area contributed by atoms with E-state index in [-0.39, 0.29) is 0 Å². The molecule has 3 aromatic rings. The summed E-state index contributed by atoms with van der Waals surface area (Å²) in [5, 5.41) is 1.92. The average Bonchev–Trinajstić information content (AvgIpc) is 3.06. The van der Waals surface area contributed by atoms with E-state index < -0.39 is 0 Å². The van der Waals surface area contributed by atoms with Gasteiger partial charge in [0.2, 0.25) is 0 Å². The number of rotatable bonds is 5. The molecule has 0 aliphatic carbocycles. The number of hydrogen-bond donors (Lipinski definition) is 1. The van der Waals surface area contributed by atoms with Gasteiger partial charge in [-0.2, -0.15) is 0 Å². The number of benzene rings is 1. The maximum Gasteiger partial charge on any atom is 0.131 e. The molecule has 0 amide bonds. The van der Waals surface area contributed by atoms with E-state index in [4.69, 9.17) is 11.6 Å². The standard InChI is InChI=1S/C21H25ClN4/c1-16-15-26(21-10-4-9-20(22)24-21)13-12-25(16)11-5-6-17-14-23-19-8-3-2-7-18(17)19/h2-4,7-10,14,16,23H,5-6,11-13,15H2,1H3. The third kappa shape index (κ3) is 3.71. The molecule has 26 heavy (non-hydrogen) atoms. The fraction of sp³-hybridized carbons (Fsp3) is 0.381. The summed E-state index contributed by atoms with van der Waals surface area (Å²) in [5.41, 5.74) is 2.66. The zero-order chi connectivity index (χ0) is 17.9. The molecule has 3 heterocycles. The maximum absolute atomic E-state index is 6.04. The molecular formula is C21H25ClN4. The van der Waals surface area contributed by atoms with E-state index in [1.807, 2.05) is 18.2 Å². The number of para-hydroxylation sites is 1. The molecule has 0 saturated carbocycles. The van der Waals surface area contributed by atoms with Gasteiger partial charge in [0.05, 0.1) is 0 Å². The van der Waals surface area contributed by atoms with E-state index in [1.165, 1.54) is 22.9 Å². The minimum absolute atomic E-state index is 0.521. The van der Waals surface area contributed by atoms with E-state index in [0.29, 0.717) is 11.2 Å². The lowest BCUT2D eigenvalue weighted by Gasteiger charge is -2.40. The van der Waals surface area contributed by atoms with Gasteiger partial charge in [0.25, 0.3) is 0 Å². The van der Waals surface area contributed by atoms with Gasteiger partial charge in [-0.3, -0.25) is 4.90 Å². The van der Waals surface area contributed by atoms with Crippen molar-refractivity contribution < 1.29 is 0 Å². The summed E-state index contributed by atoms with van der Waals surface area (Å²) < 4.78 is 0. The Morgan fingerprint density at radius 2 is 2.04 bits per heavy atom. The highest BCUT2D eigenvalue weighted by Crippen LogP contribution is 2.21. The second kappa shape index (κ2) is 7.68. The maximum atomic E-state index is 6.04. The number of nitrogens with one attached hydrogen (secondary N) is 1. The number of piperazine rings is 1. The van der Waals surface area contributed by atoms with Crippen LogP contribution in [0, 0.1) is 0 Å². The molecule has 5 heteroatoms. The van der Waals surface area contributed by atoms with Crippen LogP contribution in [0.15, 0.2) is 48.7 Å². The van der Waals surface area contributed by atoms with Gasteiger partial charge < -0.3 is 9.88 Å². The average molecular weight is 369 g/mol. The van der Waals surface area contributed by atoms with Crippen molar-refractivity contribution in [3.63, 3.8) is 0 Å². The van der Waals surface area contributed by atoms with Crippen LogP contribution in [-0.4, -0.2) is 47.1 Å². The Morgan fingerprint density at radius 1 is 1.15 bits per heavy atom. The number of aromatic nitrogens is 2. The number of H-pyrrole nitrogens is 1. The lowest BCUT2D eigenvalue weighted by atomic mass is 10.1. The zero-order valence-corrected chi connectivity index (χ0v) is 15.9. The van der Waals surface area contributed by atoms with Crippen molar-refractivity contribution >= 4 is 28.3 Å². The second-order valence-corrected chi connectivity index (χ2v) is 7.50. The van der Waals surface area contributed by atoms with E-state index in [0.717, 1.165) is 38.4 Å². The SMILES string of the molecule is CC1CN(c2cccc(Cl)n2)CCN1CCCc1c[nH]c2ccccc12. The summed E-state index contributed by atoms with van der Waals surface area (Å²) in [4.78, 5) is 12.8. The van der Waals surface area contributed by atoms with Crippen molar-refractivity contribution in [2.45, 2.75) is 25.8 Å². The first-order chi connectivity index (χ1) is 12.7. The van der Waals surface area contributed by atoms with Crippen LogP contribution >= 0.6 is 11.6 Å². The first-order valence-electron chi connectivity index (χ1n) is 9.37. The lowest BCUT2D eigenvalue weighted by Crippen LogP contribution is -2.52. The molecule has 1 N–H and O–H groups in total. The zero-order valence-electron chi connectivity index (χ0n) is 15.2. The van der Waals surface area contributed by atoms with Crippen molar-refractivity contribution in [3.8, 4) is 0 Å². The smallest absolute Gasteiger partial charge is 0.131 e. The summed E-state index contributed by atoms with van der Waals surface area (Å²) in [6.07, 6.45) is 4.46. The summed E-state index contributed by atoms with van der Waals surface area (Å²) in [6.45, 7) is 6.52. The molecule has 4 rings (SSSR count). The molecule has 0 bridgehead atoms. The Hall–Kier alpha value is -2.04. The van der Waals surface area contributed by atoms with Crippen LogP contribution in [0.5, 0.6) is 0 Å². The highest BCUT2D eigenvalue weighted by atomic mass is 35.5. The van der Waals surface area contributed by atoms with Gasteiger partial charge in [-0.1, -0.05) is 35.9 Å². The van der Waals surface area contributed by atoms with Gasteiger partial charge in [-0.15, -0.1) is 0 Å². The molecule has 4 nitrogen and oxygen atoms in total. The topological polar surface area (TPSA) is 35.2 Å². The number of anilines is 1. The minimum Gasteiger partial charge on any atom is -0.361 e. The molecule has 2 aromatic heterocycles. The highest BCUT2D eigenvalue weighted by Gasteiger charge is 2.24. The van der Waals surface area contributed by atoms with E-state index in [2.05, 4.69) is 57.2 Å². The summed E-state index contributed by atoms with van der Waals surface area (Å²) in [7, 11) is 0. The molecule has 1 aliphatic rings. The minimum atomic E-state index is 0.521. The number of pyridine rings is 1. The molecule has 0 spiro atoms. The van der Waals surface area contributed by atoms with E-state index in [1.54, 1.807) is 0 Å². The Balaban J connectivity index is 1.31. The van der Waals surface area contributed by atoms with Crippen LogP contribution in [0.25, 0.3) is 10.9 Å². The van der Waals surface area contributed by atoms with Crippen molar-refractivity contribution in [2.24, 2.45) is 0 Å².